The quantitative estimate of drug-likeness (QED) is 0.852. The fourth-order valence-electron chi connectivity index (χ4n) is 3.16. The van der Waals surface area contributed by atoms with Crippen LogP contribution in [0.2, 0.25) is 0 Å². The average molecular weight is 291 g/mol. The first-order valence-electron chi connectivity index (χ1n) is 7.99. The van der Waals surface area contributed by atoms with Crippen LogP contribution >= 0.6 is 0 Å². The number of benzene rings is 1. The van der Waals surface area contributed by atoms with E-state index < -0.39 is 0 Å². The molecule has 0 unspecified atom stereocenters. The van der Waals surface area contributed by atoms with E-state index in [1.807, 2.05) is 6.07 Å². The van der Waals surface area contributed by atoms with Crippen molar-refractivity contribution in [3.63, 3.8) is 0 Å². The Bertz CT molecular complexity index is 664. The Kier molecular flexibility index (Phi) is 4.50. The van der Waals surface area contributed by atoms with Crippen molar-refractivity contribution >= 4 is 0 Å². The van der Waals surface area contributed by atoms with E-state index in [1.54, 1.807) is 12.3 Å². The van der Waals surface area contributed by atoms with Crippen LogP contribution in [0.4, 0.5) is 0 Å². The number of nitrogens with zero attached hydrogens (tertiary/aromatic N) is 3. The molecule has 2 aromatic rings. The highest BCUT2D eigenvalue weighted by atomic mass is 15.2. The lowest BCUT2D eigenvalue weighted by atomic mass is 10.00. The second-order valence-electron chi connectivity index (χ2n) is 5.91. The van der Waals surface area contributed by atoms with Crippen molar-refractivity contribution in [1.29, 1.82) is 5.26 Å². The number of piperidine rings is 1. The van der Waals surface area contributed by atoms with Crippen LogP contribution in [0.15, 0.2) is 42.6 Å². The molecule has 0 N–H and O–H groups in total. The maximum atomic E-state index is 9.20. The third-order valence-corrected chi connectivity index (χ3v) is 4.53. The molecule has 1 saturated heterocycles. The summed E-state index contributed by atoms with van der Waals surface area (Å²) in [7, 11) is 0. The second-order valence-corrected chi connectivity index (χ2v) is 5.91. The van der Waals surface area contributed by atoms with E-state index in [0.29, 0.717) is 11.6 Å². The molecular formula is C19H21N3. The Morgan fingerprint density at radius 1 is 1.09 bits per heavy atom. The molecule has 1 aliphatic rings. The number of rotatable bonds is 3. The highest BCUT2D eigenvalue weighted by molar-refractivity contribution is 5.66. The van der Waals surface area contributed by atoms with Gasteiger partial charge in [-0.15, -0.1) is 0 Å². The van der Waals surface area contributed by atoms with E-state index in [4.69, 9.17) is 0 Å². The molecule has 1 atom stereocenters. The van der Waals surface area contributed by atoms with Gasteiger partial charge in [0.1, 0.15) is 6.07 Å². The lowest BCUT2D eigenvalue weighted by Crippen LogP contribution is -2.32. The molecule has 22 heavy (non-hydrogen) atoms. The molecule has 0 saturated carbocycles. The largest absolute Gasteiger partial charge is 0.297 e. The molecule has 3 heteroatoms. The van der Waals surface area contributed by atoms with Crippen LogP contribution in [0.25, 0.3) is 11.3 Å². The standard InChI is InChI=1S/C19H21N3/c1-15(22-12-3-2-4-13-22)16-7-9-17(10-8-16)19-18(14-20)6-5-11-21-19/h5-11,15H,2-4,12-13H2,1H3/t15-/m1/s1. The van der Waals surface area contributed by atoms with Gasteiger partial charge < -0.3 is 0 Å². The van der Waals surface area contributed by atoms with E-state index >= 15 is 0 Å². The van der Waals surface area contributed by atoms with Crippen molar-refractivity contribution in [2.75, 3.05) is 13.1 Å². The Labute approximate surface area is 132 Å². The third kappa shape index (κ3) is 3.03. The number of pyridine rings is 1. The van der Waals surface area contributed by atoms with Crippen LogP contribution in [0.3, 0.4) is 0 Å². The van der Waals surface area contributed by atoms with Gasteiger partial charge in [0.25, 0.3) is 0 Å². The second kappa shape index (κ2) is 6.72. The summed E-state index contributed by atoms with van der Waals surface area (Å²) in [5.41, 5.74) is 3.73. The first-order chi connectivity index (χ1) is 10.8. The molecular weight excluding hydrogens is 270 g/mol. The summed E-state index contributed by atoms with van der Waals surface area (Å²) in [6.07, 6.45) is 5.71. The average Bonchev–Trinajstić information content (AvgIpc) is 2.62. The van der Waals surface area contributed by atoms with Crippen LogP contribution in [0.1, 0.15) is 43.4 Å². The molecule has 0 bridgehead atoms. The number of hydrogen-bond donors (Lipinski definition) is 0. The monoisotopic (exact) mass is 291 g/mol. The van der Waals surface area contributed by atoms with Gasteiger partial charge in [0.15, 0.2) is 0 Å². The third-order valence-electron chi connectivity index (χ3n) is 4.53. The highest BCUT2D eigenvalue weighted by Gasteiger charge is 2.18. The zero-order valence-corrected chi connectivity index (χ0v) is 13.0. The fourth-order valence-corrected chi connectivity index (χ4v) is 3.16. The molecule has 1 aromatic carbocycles. The molecule has 2 heterocycles. The molecule has 1 fully saturated rings. The summed E-state index contributed by atoms with van der Waals surface area (Å²) in [4.78, 5) is 6.91. The normalized spacial score (nSPS) is 16.9. The Morgan fingerprint density at radius 2 is 1.82 bits per heavy atom. The van der Waals surface area contributed by atoms with Gasteiger partial charge in [-0.2, -0.15) is 5.26 Å². The molecule has 3 nitrogen and oxygen atoms in total. The summed E-state index contributed by atoms with van der Waals surface area (Å²) in [6.45, 7) is 4.67. The molecule has 0 amide bonds. The zero-order valence-electron chi connectivity index (χ0n) is 13.0. The maximum Gasteiger partial charge on any atom is 0.101 e. The van der Waals surface area contributed by atoms with Crippen LogP contribution in [0, 0.1) is 11.3 Å². The van der Waals surface area contributed by atoms with Crippen molar-refractivity contribution in [2.24, 2.45) is 0 Å². The van der Waals surface area contributed by atoms with Gasteiger partial charge in [0, 0.05) is 17.8 Å². The molecule has 0 aliphatic carbocycles. The number of hydrogen-bond acceptors (Lipinski definition) is 3. The fraction of sp³-hybridized carbons (Fsp3) is 0.368. The zero-order chi connectivity index (χ0) is 15.4. The van der Waals surface area contributed by atoms with Crippen molar-refractivity contribution in [3.05, 3.63) is 53.7 Å². The minimum absolute atomic E-state index is 0.452. The molecule has 1 aliphatic heterocycles. The van der Waals surface area contributed by atoms with Gasteiger partial charge in [-0.3, -0.25) is 9.88 Å². The van der Waals surface area contributed by atoms with E-state index in [2.05, 4.69) is 47.1 Å². The number of likely N-dealkylation sites (tertiary alicyclic amines) is 1. The van der Waals surface area contributed by atoms with E-state index in [1.165, 1.54) is 37.9 Å². The Balaban J connectivity index is 1.82. The summed E-state index contributed by atoms with van der Waals surface area (Å²) >= 11 is 0. The van der Waals surface area contributed by atoms with Gasteiger partial charge in [-0.1, -0.05) is 30.7 Å². The van der Waals surface area contributed by atoms with E-state index in [-0.39, 0.29) is 0 Å². The lowest BCUT2D eigenvalue weighted by molar-refractivity contribution is 0.175. The van der Waals surface area contributed by atoms with E-state index in [0.717, 1.165) is 11.3 Å². The summed E-state index contributed by atoms with van der Waals surface area (Å²) in [6, 6.07) is 14.8. The Morgan fingerprint density at radius 3 is 2.50 bits per heavy atom. The number of aromatic nitrogens is 1. The lowest BCUT2D eigenvalue weighted by Gasteiger charge is -2.32. The topological polar surface area (TPSA) is 39.9 Å². The first kappa shape index (κ1) is 14.7. The van der Waals surface area contributed by atoms with Crippen molar-refractivity contribution < 1.29 is 0 Å². The summed E-state index contributed by atoms with van der Waals surface area (Å²) < 4.78 is 0. The van der Waals surface area contributed by atoms with Gasteiger partial charge in [-0.25, -0.2) is 0 Å². The molecule has 0 spiro atoms. The highest BCUT2D eigenvalue weighted by Crippen LogP contribution is 2.27. The van der Waals surface area contributed by atoms with Crippen LogP contribution in [0.5, 0.6) is 0 Å². The smallest absolute Gasteiger partial charge is 0.101 e. The van der Waals surface area contributed by atoms with Gasteiger partial charge in [0.2, 0.25) is 0 Å². The Hall–Kier alpha value is -2.18. The van der Waals surface area contributed by atoms with Crippen molar-refractivity contribution in [1.82, 2.24) is 9.88 Å². The predicted octanol–water partition coefficient (Wildman–Crippen LogP) is 4.17. The minimum Gasteiger partial charge on any atom is -0.297 e. The van der Waals surface area contributed by atoms with Crippen LogP contribution < -0.4 is 0 Å². The molecule has 0 radical (unpaired) electrons. The molecule has 112 valence electrons. The SMILES string of the molecule is C[C@H](c1ccc(-c2ncccc2C#N)cc1)N1CCCCC1. The van der Waals surface area contributed by atoms with E-state index in [9.17, 15) is 5.26 Å². The summed E-state index contributed by atoms with van der Waals surface area (Å²) in [5.74, 6) is 0. The van der Waals surface area contributed by atoms with Gasteiger partial charge in [-0.05, 0) is 50.6 Å². The van der Waals surface area contributed by atoms with Crippen LogP contribution in [-0.2, 0) is 0 Å². The van der Waals surface area contributed by atoms with Crippen molar-refractivity contribution in [2.45, 2.75) is 32.2 Å². The van der Waals surface area contributed by atoms with Gasteiger partial charge in [0.05, 0.1) is 11.3 Å². The molecule has 3 rings (SSSR count). The van der Waals surface area contributed by atoms with Gasteiger partial charge >= 0.3 is 0 Å². The maximum absolute atomic E-state index is 9.20. The summed E-state index contributed by atoms with van der Waals surface area (Å²) in [5, 5.41) is 9.20. The first-order valence-corrected chi connectivity index (χ1v) is 7.99. The molecule has 1 aromatic heterocycles. The van der Waals surface area contributed by atoms with Crippen molar-refractivity contribution in [3.8, 4) is 17.3 Å². The number of nitriles is 1. The minimum atomic E-state index is 0.452. The van der Waals surface area contributed by atoms with Crippen LogP contribution in [-0.4, -0.2) is 23.0 Å². The predicted molar refractivity (Wildman–Crippen MR) is 88.2 cm³/mol.